The van der Waals surface area contributed by atoms with Crippen molar-refractivity contribution in [3.8, 4) is 0 Å². The monoisotopic (exact) mass is 275 g/mol. The third kappa shape index (κ3) is 2.89. The molecule has 2 aromatic rings. The van der Waals surface area contributed by atoms with Gasteiger partial charge in [-0.25, -0.2) is 4.98 Å². The number of benzene rings is 1. The van der Waals surface area contributed by atoms with Crippen LogP contribution in [0.2, 0.25) is 5.15 Å². The van der Waals surface area contributed by atoms with Crippen molar-refractivity contribution >= 4 is 22.4 Å². The standard InChI is InChI=1S/C15H18ClN3/c16-15-14-2-1-11(9-12(14)3-6-18-15)10-19-7-4-13(17)5-8-19/h1-3,6,9,13H,4-5,7-8,10,17H2. The Bertz CT molecular complexity index is 577. The molecule has 100 valence electrons. The topological polar surface area (TPSA) is 42.1 Å². The molecule has 1 aliphatic rings. The zero-order valence-electron chi connectivity index (χ0n) is 10.8. The van der Waals surface area contributed by atoms with Gasteiger partial charge in [0.1, 0.15) is 5.15 Å². The summed E-state index contributed by atoms with van der Waals surface area (Å²) in [6, 6.07) is 8.81. The van der Waals surface area contributed by atoms with Gasteiger partial charge in [-0.1, -0.05) is 23.7 Å². The molecular weight excluding hydrogens is 258 g/mol. The first-order valence-electron chi connectivity index (χ1n) is 6.73. The number of hydrogen-bond donors (Lipinski definition) is 1. The van der Waals surface area contributed by atoms with Gasteiger partial charge in [0.2, 0.25) is 0 Å². The molecule has 0 aliphatic carbocycles. The average molecular weight is 276 g/mol. The van der Waals surface area contributed by atoms with Crippen LogP contribution in [0.15, 0.2) is 30.5 Å². The van der Waals surface area contributed by atoms with Crippen molar-refractivity contribution in [2.24, 2.45) is 5.73 Å². The number of nitrogens with zero attached hydrogens (tertiary/aromatic N) is 2. The number of aromatic nitrogens is 1. The summed E-state index contributed by atoms with van der Waals surface area (Å²) in [4.78, 5) is 6.57. The van der Waals surface area contributed by atoms with Gasteiger partial charge in [0, 0.05) is 24.2 Å². The Balaban J connectivity index is 1.78. The summed E-state index contributed by atoms with van der Waals surface area (Å²) in [5.41, 5.74) is 7.26. The molecule has 1 fully saturated rings. The highest BCUT2D eigenvalue weighted by Crippen LogP contribution is 2.23. The zero-order chi connectivity index (χ0) is 13.2. The Morgan fingerprint density at radius 1 is 1.26 bits per heavy atom. The Kier molecular flexibility index (Phi) is 3.69. The summed E-state index contributed by atoms with van der Waals surface area (Å²) in [6.45, 7) is 3.18. The quantitative estimate of drug-likeness (QED) is 0.857. The van der Waals surface area contributed by atoms with Gasteiger partial charge in [-0.15, -0.1) is 0 Å². The van der Waals surface area contributed by atoms with Gasteiger partial charge >= 0.3 is 0 Å². The first-order valence-corrected chi connectivity index (χ1v) is 7.11. The van der Waals surface area contributed by atoms with Crippen molar-refractivity contribution in [2.75, 3.05) is 13.1 Å². The number of nitrogens with two attached hydrogens (primary N) is 1. The molecule has 0 unspecified atom stereocenters. The molecule has 2 N–H and O–H groups in total. The first kappa shape index (κ1) is 12.9. The van der Waals surface area contributed by atoms with Crippen molar-refractivity contribution < 1.29 is 0 Å². The van der Waals surface area contributed by atoms with Crippen molar-refractivity contribution in [1.82, 2.24) is 9.88 Å². The van der Waals surface area contributed by atoms with Gasteiger partial charge in [-0.05, 0) is 49.0 Å². The molecular formula is C15H18ClN3. The van der Waals surface area contributed by atoms with E-state index in [2.05, 4.69) is 28.1 Å². The predicted molar refractivity (Wildman–Crippen MR) is 79.2 cm³/mol. The lowest BCUT2D eigenvalue weighted by atomic mass is 10.0. The van der Waals surface area contributed by atoms with E-state index in [0.717, 1.165) is 43.2 Å². The fourth-order valence-corrected chi connectivity index (χ4v) is 2.89. The van der Waals surface area contributed by atoms with Gasteiger partial charge in [-0.2, -0.15) is 0 Å². The fourth-order valence-electron chi connectivity index (χ4n) is 2.66. The smallest absolute Gasteiger partial charge is 0.136 e. The molecule has 0 radical (unpaired) electrons. The number of rotatable bonds is 2. The zero-order valence-corrected chi connectivity index (χ0v) is 11.6. The highest BCUT2D eigenvalue weighted by molar-refractivity contribution is 6.34. The fraction of sp³-hybridized carbons (Fsp3) is 0.400. The maximum atomic E-state index is 6.08. The van der Waals surface area contributed by atoms with Crippen molar-refractivity contribution in [3.05, 3.63) is 41.2 Å². The molecule has 0 amide bonds. The second-order valence-electron chi connectivity index (χ2n) is 5.27. The van der Waals surface area contributed by atoms with Crippen LogP contribution in [0.4, 0.5) is 0 Å². The second kappa shape index (κ2) is 5.45. The van der Waals surface area contributed by atoms with Crippen molar-refractivity contribution in [2.45, 2.75) is 25.4 Å². The predicted octanol–water partition coefficient (Wildman–Crippen LogP) is 2.81. The molecule has 0 bridgehead atoms. The number of hydrogen-bond acceptors (Lipinski definition) is 3. The number of pyridine rings is 1. The van der Waals surface area contributed by atoms with Crippen LogP contribution in [-0.4, -0.2) is 29.0 Å². The van der Waals surface area contributed by atoms with Crippen molar-refractivity contribution in [3.63, 3.8) is 0 Å². The van der Waals surface area contributed by atoms with E-state index in [4.69, 9.17) is 17.3 Å². The lowest BCUT2D eigenvalue weighted by Gasteiger charge is -2.30. The van der Waals surface area contributed by atoms with Gasteiger partial charge < -0.3 is 5.73 Å². The molecule has 0 saturated carbocycles. The molecule has 19 heavy (non-hydrogen) atoms. The van der Waals surface area contributed by atoms with Crippen LogP contribution in [0.5, 0.6) is 0 Å². The maximum absolute atomic E-state index is 6.08. The van der Waals surface area contributed by atoms with Gasteiger partial charge in [0.15, 0.2) is 0 Å². The van der Waals surface area contributed by atoms with Crippen LogP contribution in [-0.2, 0) is 6.54 Å². The van der Waals surface area contributed by atoms with Crippen LogP contribution >= 0.6 is 11.6 Å². The summed E-state index contributed by atoms with van der Waals surface area (Å²) in [6.07, 6.45) is 3.96. The number of likely N-dealkylation sites (tertiary alicyclic amines) is 1. The Morgan fingerprint density at radius 2 is 2.05 bits per heavy atom. The maximum Gasteiger partial charge on any atom is 0.136 e. The minimum absolute atomic E-state index is 0.387. The lowest BCUT2D eigenvalue weighted by Crippen LogP contribution is -2.39. The SMILES string of the molecule is NC1CCN(Cc2ccc3c(Cl)nccc3c2)CC1. The Labute approximate surface area is 118 Å². The summed E-state index contributed by atoms with van der Waals surface area (Å²) in [5.74, 6) is 0. The minimum Gasteiger partial charge on any atom is -0.328 e. The summed E-state index contributed by atoms with van der Waals surface area (Å²) < 4.78 is 0. The lowest BCUT2D eigenvalue weighted by molar-refractivity contribution is 0.206. The van der Waals surface area contributed by atoms with Gasteiger partial charge in [-0.3, -0.25) is 4.90 Å². The molecule has 3 rings (SSSR count). The molecule has 0 spiro atoms. The van der Waals surface area contributed by atoms with Gasteiger partial charge in [0.05, 0.1) is 0 Å². The second-order valence-corrected chi connectivity index (χ2v) is 5.63. The van der Waals surface area contributed by atoms with E-state index in [0.29, 0.717) is 11.2 Å². The van der Waals surface area contributed by atoms with E-state index in [9.17, 15) is 0 Å². The molecule has 2 heterocycles. The normalized spacial score (nSPS) is 18.0. The van der Waals surface area contributed by atoms with E-state index in [-0.39, 0.29) is 0 Å². The van der Waals surface area contributed by atoms with Crippen molar-refractivity contribution in [1.29, 1.82) is 0 Å². The summed E-state index contributed by atoms with van der Waals surface area (Å²) >= 11 is 6.08. The molecule has 4 heteroatoms. The van der Waals surface area contributed by atoms with E-state index < -0.39 is 0 Å². The third-order valence-corrected chi connectivity index (χ3v) is 4.12. The first-order chi connectivity index (χ1) is 9.22. The van der Waals surface area contributed by atoms with Crippen LogP contribution in [0, 0.1) is 0 Å². The summed E-state index contributed by atoms with van der Waals surface area (Å²) in [7, 11) is 0. The number of fused-ring (bicyclic) bond motifs is 1. The van der Waals surface area contributed by atoms with Gasteiger partial charge in [0.25, 0.3) is 0 Å². The van der Waals surface area contributed by atoms with E-state index >= 15 is 0 Å². The Hall–Kier alpha value is -1.16. The third-order valence-electron chi connectivity index (χ3n) is 3.82. The highest BCUT2D eigenvalue weighted by atomic mass is 35.5. The van der Waals surface area contributed by atoms with Crippen LogP contribution < -0.4 is 5.73 Å². The van der Waals surface area contributed by atoms with Crippen LogP contribution in [0.3, 0.4) is 0 Å². The van der Waals surface area contributed by atoms with E-state index in [1.165, 1.54) is 5.56 Å². The van der Waals surface area contributed by atoms with Crippen LogP contribution in [0.1, 0.15) is 18.4 Å². The molecule has 1 aromatic heterocycles. The molecule has 1 saturated heterocycles. The van der Waals surface area contributed by atoms with E-state index in [1.54, 1.807) is 6.20 Å². The average Bonchev–Trinajstić information content (AvgIpc) is 2.42. The largest absolute Gasteiger partial charge is 0.328 e. The Morgan fingerprint density at radius 3 is 2.84 bits per heavy atom. The molecule has 3 nitrogen and oxygen atoms in total. The number of piperidine rings is 1. The molecule has 1 aliphatic heterocycles. The minimum atomic E-state index is 0.387. The summed E-state index contributed by atoms with van der Waals surface area (Å²) in [5, 5.41) is 2.76. The molecule has 0 atom stereocenters. The highest BCUT2D eigenvalue weighted by Gasteiger charge is 2.16. The molecule has 1 aromatic carbocycles. The van der Waals surface area contributed by atoms with E-state index in [1.807, 2.05) is 6.07 Å². The number of halogens is 1. The van der Waals surface area contributed by atoms with Crippen LogP contribution in [0.25, 0.3) is 10.8 Å².